The molecule has 0 aliphatic heterocycles. The molecule has 160 valence electrons. The first kappa shape index (κ1) is 23.1. The fourth-order valence-electron chi connectivity index (χ4n) is 2.66. The number of rotatable bonds is 11. The van der Waals surface area contributed by atoms with Crippen molar-refractivity contribution in [2.45, 2.75) is 32.6 Å². The predicted molar refractivity (Wildman–Crippen MR) is 123 cm³/mol. The first-order valence-corrected chi connectivity index (χ1v) is 10.1. The number of para-hydroxylation sites is 1. The highest BCUT2D eigenvalue weighted by molar-refractivity contribution is 7.80. The van der Waals surface area contributed by atoms with Gasteiger partial charge in [-0.05, 0) is 36.8 Å². The normalized spacial score (nSPS) is 10.6. The third kappa shape index (κ3) is 7.32. The van der Waals surface area contributed by atoms with Crippen molar-refractivity contribution >= 4 is 34.9 Å². The molecule has 2 N–H and O–H groups in total. The van der Waals surface area contributed by atoms with E-state index in [1.165, 1.54) is 19.4 Å². The average molecular weight is 431 g/mol. The molecule has 0 saturated heterocycles. The number of unbranched alkanes of at least 4 members (excludes halogenated alkanes) is 3. The van der Waals surface area contributed by atoms with Crippen LogP contribution in [0.1, 0.15) is 38.2 Å². The number of anilines is 1. The van der Waals surface area contributed by atoms with Crippen molar-refractivity contribution < 1.29 is 14.4 Å². The Labute approximate surface area is 181 Å². The van der Waals surface area contributed by atoms with E-state index in [4.69, 9.17) is 21.7 Å². The van der Waals surface area contributed by atoms with Crippen LogP contribution in [0.4, 0.5) is 11.4 Å². The van der Waals surface area contributed by atoms with E-state index in [-0.39, 0.29) is 17.2 Å². The number of nitrogens with zero attached hydrogens (tertiary/aromatic N) is 2. The molecule has 2 rings (SSSR count). The molecule has 0 bridgehead atoms. The van der Waals surface area contributed by atoms with Gasteiger partial charge >= 0.3 is 5.69 Å². The van der Waals surface area contributed by atoms with Crippen molar-refractivity contribution in [2.75, 3.05) is 19.0 Å². The summed E-state index contributed by atoms with van der Waals surface area (Å²) in [6, 6.07) is 12.4. The molecule has 2 aromatic rings. The van der Waals surface area contributed by atoms with E-state index in [0.717, 1.165) is 31.4 Å². The Hall–Kier alpha value is -3.20. The maximum Gasteiger partial charge on any atom is 0.315 e. The summed E-state index contributed by atoms with van der Waals surface area (Å²) in [5.74, 6) is 0.413. The van der Waals surface area contributed by atoms with Gasteiger partial charge in [0.2, 0.25) is 5.75 Å². The van der Waals surface area contributed by atoms with Crippen LogP contribution >= 0.6 is 12.2 Å². The van der Waals surface area contributed by atoms with Crippen LogP contribution in [-0.4, -0.2) is 30.0 Å². The number of thiocarbonyl (C=S) groups is 1. The summed E-state index contributed by atoms with van der Waals surface area (Å²) < 4.78 is 11.0. The fourth-order valence-corrected chi connectivity index (χ4v) is 2.83. The van der Waals surface area contributed by atoms with Crippen molar-refractivity contribution in [1.82, 2.24) is 5.43 Å². The number of benzene rings is 2. The van der Waals surface area contributed by atoms with Crippen LogP contribution in [0.5, 0.6) is 11.5 Å². The Morgan fingerprint density at radius 3 is 2.67 bits per heavy atom. The molecule has 0 fully saturated rings. The third-order valence-electron chi connectivity index (χ3n) is 4.13. The second-order valence-corrected chi connectivity index (χ2v) is 6.84. The lowest BCUT2D eigenvalue weighted by molar-refractivity contribution is -0.386. The predicted octanol–water partition coefficient (Wildman–Crippen LogP) is 4.88. The molecule has 9 heteroatoms. The fraction of sp³-hybridized carbons (Fsp3) is 0.333. The Kier molecular flexibility index (Phi) is 9.53. The minimum Gasteiger partial charge on any atom is -0.493 e. The van der Waals surface area contributed by atoms with Crippen LogP contribution in [0.3, 0.4) is 0 Å². The molecule has 0 radical (unpaired) electrons. The smallest absolute Gasteiger partial charge is 0.315 e. The summed E-state index contributed by atoms with van der Waals surface area (Å²) in [6.45, 7) is 2.51. The number of nitro benzene ring substituents is 1. The maximum absolute atomic E-state index is 11.5. The number of hydrogen-bond acceptors (Lipinski definition) is 6. The third-order valence-corrected chi connectivity index (χ3v) is 4.32. The molecule has 0 saturated carbocycles. The first-order chi connectivity index (χ1) is 14.5. The number of ether oxygens (including phenoxy) is 2. The van der Waals surface area contributed by atoms with Crippen molar-refractivity contribution in [3.63, 3.8) is 0 Å². The van der Waals surface area contributed by atoms with Crippen LogP contribution in [0.25, 0.3) is 0 Å². The second kappa shape index (κ2) is 12.4. The summed E-state index contributed by atoms with van der Waals surface area (Å²) in [6.07, 6.45) is 5.48. The van der Waals surface area contributed by atoms with E-state index >= 15 is 0 Å². The van der Waals surface area contributed by atoms with Gasteiger partial charge < -0.3 is 14.8 Å². The summed E-state index contributed by atoms with van der Waals surface area (Å²) in [7, 11) is 1.45. The zero-order valence-electron chi connectivity index (χ0n) is 17.1. The van der Waals surface area contributed by atoms with Gasteiger partial charge in [-0.3, -0.25) is 15.5 Å². The Bertz CT molecular complexity index is 875. The van der Waals surface area contributed by atoms with Gasteiger partial charge in [-0.1, -0.05) is 44.4 Å². The van der Waals surface area contributed by atoms with E-state index in [0.29, 0.717) is 17.3 Å². The number of hydrogen-bond donors (Lipinski definition) is 2. The molecule has 0 atom stereocenters. The van der Waals surface area contributed by atoms with Crippen molar-refractivity contribution in [1.29, 1.82) is 0 Å². The van der Waals surface area contributed by atoms with Gasteiger partial charge in [0.15, 0.2) is 10.9 Å². The van der Waals surface area contributed by atoms with Crippen LogP contribution < -0.4 is 20.2 Å². The van der Waals surface area contributed by atoms with E-state index < -0.39 is 4.92 Å². The van der Waals surface area contributed by atoms with Crippen LogP contribution in [-0.2, 0) is 0 Å². The molecular formula is C21H26N4O4S. The number of nitrogens with one attached hydrogen (secondary N) is 2. The SMILES string of the molecule is CCCCCCOc1c(OC)cc(/C=N/NC(=S)Nc2ccccc2)cc1[N+](=O)[O-]. The van der Waals surface area contributed by atoms with Gasteiger partial charge in [0, 0.05) is 17.3 Å². The van der Waals surface area contributed by atoms with Gasteiger partial charge in [0.25, 0.3) is 0 Å². The minimum absolute atomic E-state index is 0.130. The zero-order chi connectivity index (χ0) is 21.8. The topological polar surface area (TPSA) is 98.0 Å². The standard InChI is InChI=1S/C21H26N4O4S/c1-3-4-5-9-12-29-20-18(25(26)27)13-16(14-19(20)28-2)15-22-24-21(30)23-17-10-7-6-8-11-17/h6-8,10-11,13-15H,3-5,9,12H2,1-2H3,(H2,23,24,30)/b22-15+. The molecule has 0 heterocycles. The van der Waals surface area contributed by atoms with Crippen molar-refractivity contribution in [2.24, 2.45) is 5.10 Å². The summed E-state index contributed by atoms with van der Waals surface area (Å²) in [5.41, 5.74) is 3.81. The van der Waals surface area contributed by atoms with Crippen molar-refractivity contribution in [3.05, 3.63) is 58.1 Å². The Morgan fingerprint density at radius 1 is 1.23 bits per heavy atom. The zero-order valence-corrected chi connectivity index (χ0v) is 17.9. The lowest BCUT2D eigenvalue weighted by Gasteiger charge is -2.12. The van der Waals surface area contributed by atoms with Crippen LogP contribution in [0, 0.1) is 10.1 Å². The van der Waals surface area contributed by atoms with E-state index in [2.05, 4.69) is 22.8 Å². The lowest BCUT2D eigenvalue weighted by Crippen LogP contribution is -2.23. The van der Waals surface area contributed by atoms with Gasteiger partial charge in [0.05, 0.1) is 24.9 Å². The van der Waals surface area contributed by atoms with Gasteiger partial charge in [-0.15, -0.1) is 0 Å². The summed E-state index contributed by atoms with van der Waals surface area (Å²) in [5, 5.41) is 18.9. The molecule has 30 heavy (non-hydrogen) atoms. The van der Waals surface area contributed by atoms with Crippen LogP contribution in [0.15, 0.2) is 47.6 Å². The second-order valence-electron chi connectivity index (χ2n) is 6.43. The largest absolute Gasteiger partial charge is 0.493 e. The Balaban J connectivity index is 2.06. The van der Waals surface area contributed by atoms with E-state index in [1.54, 1.807) is 6.07 Å². The molecule has 0 amide bonds. The summed E-state index contributed by atoms with van der Waals surface area (Å²) >= 11 is 5.18. The minimum atomic E-state index is -0.490. The highest BCUT2D eigenvalue weighted by Crippen LogP contribution is 2.38. The quantitative estimate of drug-likeness (QED) is 0.172. The van der Waals surface area contributed by atoms with Crippen molar-refractivity contribution in [3.8, 4) is 11.5 Å². The van der Waals surface area contributed by atoms with Gasteiger partial charge in [-0.25, -0.2) is 0 Å². The van der Waals surface area contributed by atoms with Gasteiger partial charge in [-0.2, -0.15) is 5.10 Å². The number of nitro groups is 1. The number of hydrazone groups is 1. The highest BCUT2D eigenvalue weighted by Gasteiger charge is 2.22. The lowest BCUT2D eigenvalue weighted by atomic mass is 10.1. The van der Waals surface area contributed by atoms with E-state index in [1.807, 2.05) is 30.3 Å². The first-order valence-electron chi connectivity index (χ1n) is 9.69. The molecule has 0 unspecified atom stereocenters. The maximum atomic E-state index is 11.5. The average Bonchev–Trinajstić information content (AvgIpc) is 2.74. The molecule has 0 spiro atoms. The highest BCUT2D eigenvalue weighted by atomic mass is 32.1. The van der Waals surface area contributed by atoms with Gasteiger partial charge in [0.1, 0.15) is 0 Å². The summed E-state index contributed by atoms with van der Waals surface area (Å²) in [4.78, 5) is 11.1. The molecule has 8 nitrogen and oxygen atoms in total. The molecule has 0 aliphatic rings. The molecule has 0 aromatic heterocycles. The monoisotopic (exact) mass is 430 g/mol. The molecular weight excluding hydrogens is 404 g/mol. The molecule has 0 aliphatic carbocycles. The Morgan fingerprint density at radius 2 is 2.00 bits per heavy atom. The number of methoxy groups -OCH3 is 1. The van der Waals surface area contributed by atoms with Crippen LogP contribution in [0.2, 0.25) is 0 Å². The molecule has 2 aromatic carbocycles. The van der Waals surface area contributed by atoms with E-state index in [9.17, 15) is 10.1 Å².